The van der Waals surface area contributed by atoms with E-state index in [-0.39, 0.29) is 0 Å². The van der Waals surface area contributed by atoms with Crippen molar-refractivity contribution in [3.63, 3.8) is 0 Å². The van der Waals surface area contributed by atoms with Crippen LogP contribution < -0.4 is 9.47 Å². The van der Waals surface area contributed by atoms with E-state index in [0.717, 1.165) is 32.9 Å². The van der Waals surface area contributed by atoms with Crippen molar-refractivity contribution in [2.75, 3.05) is 0 Å². The molecule has 0 unspecified atom stereocenters. The molecule has 0 aliphatic carbocycles. The standard InChI is InChI=1S/2C17H13NO2/c2*1-12-6-9-14(10-7-12)20-17(19)16-11-8-13-4-2-3-5-15(13)18-16/h2*2-11H,1H3. The molecule has 6 aromatic rings. The fourth-order valence-corrected chi connectivity index (χ4v) is 3.89. The van der Waals surface area contributed by atoms with Gasteiger partial charge in [-0.25, -0.2) is 19.6 Å². The summed E-state index contributed by atoms with van der Waals surface area (Å²) < 4.78 is 10.6. The van der Waals surface area contributed by atoms with E-state index in [1.54, 1.807) is 36.4 Å². The summed E-state index contributed by atoms with van der Waals surface area (Å²) in [6, 6.07) is 37.1. The second kappa shape index (κ2) is 12.0. The average molecular weight is 527 g/mol. The number of carbonyl (C=O) groups excluding carboxylic acids is 2. The van der Waals surface area contributed by atoms with Crippen LogP contribution in [0.5, 0.6) is 11.5 Å². The zero-order valence-corrected chi connectivity index (χ0v) is 22.1. The highest BCUT2D eigenvalue weighted by Gasteiger charge is 2.12. The number of aryl methyl sites for hydroxylation is 2. The normalized spacial score (nSPS) is 10.4. The first-order valence-electron chi connectivity index (χ1n) is 12.7. The van der Waals surface area contributed by atoms with Crippen molar-refractivity contribution in [2.24, 2.45) is 0 Å². The van der Waals surface area contributed by atoms with Crippen LogP contribution >= 0.6 is 0 Å². The predicted octanol–water partition coefficient (Wildman–Crippen LogP) is 7.52. The summed E-state index contributed by atoms with van der Waals surface area (Å²) in [5.74, 6) is 0.158. The zero-order valence-electron chi connectivity index (χ0n) is 22.1. The third-order valence-corrected chi connectivity index (χ3v) is 6.08. The number of carbonyl (C=O) groups is 2. The Balaban J connectivity index is 0.000000161. The maximum Gasteiger partial charge on any atom is 0.362 e. The van der Waals surface area contributed by atoms with E-state index in [2.05, 4.69) is 9.97 Å². The molecule has 0 bridgehead atoms. The second-order valence-electron chi connectivity index (χ2n) is 9.18. The lowest BCUT2D eigenvalue weighted by Gasteiger charge is -2.05. The minimum atomic E-state index is -0.445. The molecule has 6 rings (SSSR count). The van der Waals surface area contributed by atoms with Gasteiger partial charge in [-0.3, -0.25) is 0 Å². The van der Waals surface area contributed by atoms with Crippen molar-refractivity contribution in [1.82, 2.24) is 9.97 Å². The lowest BCUT2D eigenvalue weighted by Crippen LogP contribution is -2.10. The summed E-state index contributed by atoms with van der Waals surface area (Å²) in [7, 11) is 0. The fraction of sp³-hybridized carbons (Fsp3) is 0.0588. The molecule has 0 aliphatic heterocycles. The zero-order chi connectivity index (χ0) is 27.9. The topological polar surface area (TPSA) is 78.4 Å². The number of hydrogen-bond donors (Lipinski definition) is 0. The van der Waals surface area contributed by atoms with Crippen LogP contribution in [0.1, 0.15) is 32.1 Å². The molecule has 40 heavy (non-hydrogen) atoms. The van der Waals surface area contributed by atoms with Crippen LogP contribution in [0.3, 0.4) is 0 Å². The van der Waals surface area contributed by atoms with Crippen LogP contribution in [-0.2, 0) is 0 Å². The number of pyridine rings is 2. The molecule has 0 atom stereocenters. The average Bonchev–Trinajstić information content (AvgIpc) is 2.99. The van der Waals surface area contributed by atoms with Gasteiger partial charge in [0.25, 0.3) is 0 Å². The highest BCUT2D eigenvalue weighted by molar-refractivity contribution is 5.93. The summed E-state index contributed by atoms with van der Waals surface area (Å²) in [4.78, 5) is 32.7. The quantitative estimate of drug-likeness (QED) is 0.175. The maximum atomic E-state index is 12.1. The molecule has 2 aromatic heterocycles. The minimum absolute atomic E-state index is 0.310. The van der Waals surface area contributed by atoms with Gasteiger partial charge >= 0.3 is 11.9 Å². The molecular weight excluding hydrogens is 500 g/mol. The summed E-state index contributed by atoms with van der Waals surface area (Å²) in [5, 5.41) is 2.00. The number of ether oxygens (including phenoxy) is 2. The van der Waals surface area contributed by atoms with Crippen molar-refractivity contribution in [3.05, 3.63) is 144 Å². The largest absolute Gasteiger partial charge is 0.422 e. The number of nitrogens with zero attached hydrogens (tertiary/aromatic N) is 2. The van der Waals surface area contributed by atoms with Crippen LogP contribution in [0, 0.1) is 13.8 Å². The first-order valence-corrected chi connectivity index (χ1v) is 12.7. The Morgan fingerprint density at radius 2 is 0.850 bits per heavy atom. The molecule has 0 radical (unpaired) electrons. The number of aromatic nitrogens is 2. The molecule has 0 saturated carbocycles. The third kappa shape index (κ3) is 6.55. The van der Waals surface area contributed by atoms with Gasteiger partial charge in [0.05, 0.1) is 11.0 Å². The van der Waals surface area contributed by atoms with Gasteiger partial charge in [0.15, 0.2) is 0 Å². The molecule has 0 fully saturated rings. The van der Waals surface area contributed by atoms with Crippen molar-refractivity contribution in [3.8, 4) is 11.5 Å². The van der Waals surface area contributed by atoms with Crippen LogP contribution in [-0.4, -0.2) is 21.9 Å². The SMILES string of the molecule is Cc1ccc(OC(=O)c2ccc3ccccc3n2)cc1.Cc1ccc(OC(=O)c2ccc3ccccc3n2)cc1. The Kier molecular flexibility index (Phi) is 7.88. The van der Waals surface area contributed by atoms with Gasteiger partial charge in [0, 0.05) is 10.8 Å². The molecule has 6 nitrogen and oxygen atoms in total. The Hall–Kier alpha value is -5.36. The van der Waals surface area contributed by atoms with Crippen molar-refractivity contribution in [1.29, 1.82) is 0 Å². The first kappa shape index (κ1) is 26.3. The number of hydrogen-bond acceptors (Lipinski definition) is 6. The summed E-state index contributed by atoms with van der Waals surface area (Å²) in [6.45, 7) is 3.97. The van der Waals surface area contributed by atoms with E-state index in [0.29, 0.717) is 22.9 Å². The summed E-state index contributed by atoms with van der Waals surface area (Å²) >= 11 is 0. The monoisotopic (exact) mass is 526 g/mol. The molecule has 196 valence electrons. The van der Waals surface area contributed by atoms with Gasteiger partial charge in [-0.2, -0.15) is 0 Å². The first-order chi connectivity index (χ1) is 19.4. The van der Waals surface area contributed by atoms with E-state index < -0.39 is 11.9 Å². The highest BCUT2D eigenvalue weighted by atomic mass is 16.5. The molecule has 0 saturated heterocycles. The number of rotatable bonds is 4. The Labute approximate surface area is 231 Å². The summed E-state index contributed by atoms with van der Waals surface area (Å²) in [5.41, 5.74) is 4.42. The van der Waals surface area contributed by atoms with Gasteiger partial charge in [-0.1, -0.05) is 83.9 Å². The van der Waals surface area contributed by atoms with Crippen LogP contribution in [0.4, 0.5) is 0 Å². The Bertz CT molecular complexity index is 1660. The van der Waals surface area contributed by atoms with Gasteiger partial charge in [0.1, 0.15) is 22.9 Å². The molecule has 0 amide bonds. The minimum Gasteiger partial charge on any atom is -0.422 e. The van der Waals surface area contributed by atoms with E-state index in [4.69, 9.17) is 9.47 Å². The number of fused-ring (bicyclic) bond motifs is 2. The fourth-order valence-electron chi connectivity index (χ4n) is 3.89. The number of esters is 2. The predicted molar refractivity (Wildman–Crippen MR) is 156 cm³/mol. The van der Waals surface area contributed by atoms with E-state index in [1.807, 2.05) is 98.8 Å². The second-order valence-corrected chi connectivity index (χ2v) is 9.18. The van der Waals surface area contributed by atoms with Crippen molar-refractivity contribution < 1.29 is 19.1 Å². The van der Waals surface area contributed by atoms with Gasteiger partial charge in [-0.15, -0.1) is 0 Å². The van der Waals surface area contributed by atoms with E-state index >= 15 is 0 Å². The van der Waals surface area contributed by atoms with Gasteiger partial charge in [-0.05, 0) is 62.4 Å². The lowest BCUT2D eigenvalue weighted by molar-refractivity contribution is 0.0719. The molecule has 6 heteroatoms. The van der Waals surface area contributed by atoms with Crippen molar-refractivity contribution in [2.45, 2.75) is 13.8 Å². The molecule has 2 heterocycles. The summed E-state index contributed by atoms with van der Waals surface area (Å²) in [6.07, 6.45) is 0. The molecule has 0 aliphatic rings. The van der Waals surface area contributed by atoms with Crippen LogP contribution in [0.15, 0.2) is 121 Å². The van der Waals surface area contributed by atoms with Crippen molar-refractivity contribution >= 4 is 33.7 Å². The van der Waals surface area contributed by atoms with Crippen LogP contribution in [0.25, 0.3) is 21.8 Å². The molecule has 0 spiro atoms. The van der Waals surface area contributed by atoms with E-state index in [1.165, 1.54) is 0 Å². The Morgan fingerprint density at radius 1 is 0.475 bits per heavy atom. The lowest BCUT2D eigenvalue weighted by atomic mass is 10.2. The molecular formula is C34H26N2O4. The smallest absolute Gasteiger partial charge is 0.362 e. The third-order valence-electron chi connectivity index (χ3n) is 6.08. The molecule has 0 N–H and O–H groups in total. The van der Waals surface area contributed by atoms with E-state index in [9.17, 15) is 9.59 Å². The van der Waals surface area contributed by atoms with Crippen LogP contribution in [0.2, 0.25) is 0 Å². The number of benzene rings is 4. The Morgan fingerprint density at radius 3 is 1.25 bits per heavy atom. The maximum absolute atomic E-state index is 12.1. The highest BCUT2D eigenvalue weighted by Crippen LogP contribution is 2.17. The van der Waals surface area contributed by atoms with Gasteiger partial charge in [0.2, 0.25) is 0 Å². The molecule has 4 aromatic carbocycles. The van der Waals surface area contributed by atoms with Gasteiger partial charge < -0.3 is 9.47 Å². The number of para-hydroxylation sites is 2.